The molecule has 0 amide bonds. The third-order valence-corrected chi connectivity index (χ3v) is 17.7. The van der Waals surface area contributed by atoms with Crippen LogP contribution in [0.2, 0.25) is 0 Å². The predicted octanol–water partition coefficient (Wildman–Crippen LogP) is 8.03. The molecule has 5 aromatic carbocycles. The molecule has 5 aromatic rings. The molecule has 2 aliphatic rings. The molecule has 2 heterocycles. The molecule has 0 bridgehead atoms. The lowest BCUT2D eigenvalue weighted by Gasteiger charge is -2.31. The van der Waals surface area contributed by atoms with Gasteiger partial charge in [-0.25, -0.2) is 8.78 Å². The molecule has 0 fully saturated rings. The third-order valence-electron chi connectivity index (χ3n) is 14.3. The van der Waals surface area contributed by atoms with Crippen LogP contribution in [0.1, 0.15) is 64.0 Å². The molecule has 83 heavy (non-hydrogen) atoms. The quantitative estimate of drug-likeness (QED) is 0.00700. The van der Waals surface area contributed by atoms with Gasteiger partial charge in [0.2, 0.25) is 23.1 Å². The molecule has 7 rings (SSSR count). The van der Waals surface area contributed by atoms with Crippen molar-refractivity contribution < 1.29 is 107 Å². The van der Waals surface area contributed by atoms with Crippen molar-refractivity contribution >= 4 is 85.1 Å². The lowest BCUT2D eigenvalue weighted by molar-refractivity contribution is -0.438. The highest BCUT2D eigenvalue weighted by Gasteiger charge is 2.48. The van der Waals surface area contributed by atoms with Gasteiger partial charge in [0.1, 0.15) is 16.3 Å². The molecule has 0 saturated carbocycles. The summed E-state index contributed by atoms with van der Waals surface area (Å²) in [6.07, 6.45) is 5.34. The number of ether oxygens (including phenoxy) is 6. The van der Waals surface area contributed by atoms with Crippen LogP contribution in [0.3, 0.4) is 0 Å². The van der Waals surface area contributed by atoms with Crippen LogP contribution in [0, 0.1) is 23.3 Å². The Morgan fingerprint density at radius 3 is 1.66 bits per heavy atom. The molecule has 0 spiro atoms. The molecule has 1 atom stereocenters. The highest BCUT2D eigenvalue weighted by atomic mass is 32.2. The standard InChI is InChI=1S/C54H60F4N2O19S4/c1-53(2)45(59(18-8-6-7-12-47(61)79-52-50(57)39(55)32-40(56)51(52)58)41-15-13-35-37(48(41)53)28-33(80(62,63)64)30-43(35)82(68,69)70)10-9-11-46-54(3,17-20-76-24-25-78-27-26-77-23-22-75-5)49-38-29-34(81(65,66)67)31-44(83(71,72)73)36(38)14-16-42(49)60(46)19-21-74-4/h9-11,13-16,28-32H,6-8,12,17-27H2,1-5H3,(H3-,62,63,64,65,66,67,68,69,70,71,72,73)/p+1. The number of hydrogen-bond donors (Lipinski definition) is 4. The van der Waals surface area contributed by atoms with Gasteiger partial charge in [-0.15, -0.1) is 0 Å². The van der Waals surface area contributed by atoms with E-state index in [1.165, 1.54) is 19.2 Å². The maximum Gasteiger partial charge on any atom is 0.311 e. The zero-order valence-electron chi connectivity index (χ0n) is 45.5. The smallest absolute Gasteiger partial charge is 0.311 e. The van der Waals surface area contributed by atoms with Crippen LogP contribution in [0.25, 0.3) is 21.5 Å². The number of allylic oxidation sites excluding steroid dienone is 4. The van der Waals surface area contributed by atoms with Crippen LogP contribution in [0.15, 0.2) is 98.1 Å². The number of esters is 1. The highest BCUT2D eigenvalue weighted by Crippen LogP contribution is 2.54. The summed E-state index contributed by atoms with van der Waals surface area (Å²) in [5.74, 6) is -10.1. The van der Waals surface area contributed by atoms with Crippen molar-refractivity contribution in [1.29, 1.82) is 0 Å². The number of halogens is 4. The van der Waals surface area contributed by atoms with Gasteiger partial charge in [0.15, 0.2) is 17.3 Å². The summed E-state index contributed by atoms with van der Waals surface area (Å²) in [6, 6.07) is 9.30. The molecule has 2 aliphatic heterocycles. The van der Waals surface area contributed by atoms with Crippen molar-refractivity contribution in [2.75, 3.05) is 85.1 Å². The molecule has 21 nitrogen and oxygen atoms in total. The maximum absolute atomic E-state index is 14.3. The summed E-state index contributed by atoms with van der Waals surface area (Å²) in [6.45, 7) is 7.39. The molecule has 0 saturated heterocycles. The zero-order valence-corrected chi connectivity index (χ0v) is 48.8. The van der Waals surface area contributed by atoms with Gasteiger partial charge in [0.25, 0.3) is 40.5 Å². The van der Waals surface area contributed by atoms with Crippen LogP contribution in [0.4, 0.5) is 28.9 Å². The van der Waals surface area contributed by atoms with E-state index in [9.17, 15) is 74.2 Å². The normalized spacial score (nSPS) is 17.0. The minimum atomic E-state index is -5.13. The van der Waals surface area contributed by atoms with Crippen molar-refractivity contribution in [1.82, 2.24) is 0 Å². The number of nitrogens with zero attached hydrogens (tertiary/aromatic N) is 2. The summed E-state index contributed by atoms with van der Waals surface area (Å²) in [4.78, 5) is 11.3. The average molecular weight is 1250 g/mol. The number of carbonyl (C=O) groups excluding carboxylic acids is 1. The van der Waals surface area contributed by atoms with Crippen molar-refractivity contribution in [3.8, 4) is 5.75 Å². The predicted molar refractivity (Wildman–Crippen MR) is 293 cm³/mol. The third kappa shape index (κ3) is 14.1. The van der Waals surface area contributed by atoms with E-state index in [0.717, 1.165) is 12.1 Å². The number of hydrogen-bond acceptors (Lipinski definition) is 16. The van der Waals surface area contributed by atoms with Crippen molar-refractivity contribution in [3.63, 3.8) is 0 Å². The number of anilines is 1. The first-order valence-corrected chi connectivity index (χ1v) is 31.3. The summed E-state index contributed by atoms with van der Waals surface area (Å²) >= 11 is 0. The molecule has 452 valence electrons. The summed E-state index contributed by atoms with van der Waals surface area (Å²) in [5.41, 5.74) is 0.204. The number of rotatable bonds is 28. The Hall–Kier alpha value is -5.80. The summed E-state index contributed by atoms with van der Waals surface area (Å²) < 4.78 is 234. The molecule has 0 aliphatic carbocycles. The fraction of sp³-hybridized carbons (Fsp3) is 0.407. The van der Waals surface area contributed by atoms with Gasteiger partial charge in [-0.3, -0.25) is 23.0 Å². The molecular weight excluding hydrogens is 1180 g/mol. The van der Waals surface area contributed by atoms with Gasteiger partial charge in [-0.1, -0.05) is 12.1 Å². The first-order chi connectivity index (χ1) is 38.9. The van der Waals surface area contributed by atoms with E-state index >= 15 is 0 Å². The van der Waals surface area contributed by atoms with Crippen LogP contribution in [-0.2, 0) is 79.8 Å². The Morgan fingerprint density at radius 1 is 0.614 bits per heavy atom. The fourth-order valence-corrected chi connectivity index (χ4v) is 13.2. The van der Waals surface area contributed by atoms with Gasteiger partial charge < -0.3 is 33.3 Å². The van der Waals surface area contributed by atoms with Crippen LogP contribution in [0.5, 0.6) is 5.75 Å². The molecular formula is C54H61F4N2O19S4+. The van der Waals surface area contributed by atoms with Crippen LogP contribution in [-0.4, -0.2) is 148 Å². The van der Waals surface area contributed by atoms with E-state index in [2.05, 4.69) is 4.74 Å². The van der Waals surface area contributed by atoms with Crippen molar-refractivity contribution in [2.45, 2.75) is 83.3 Å². The molecule has 1 unspecified atom stereocenters. The largest absolute Gasteiger partial charge is 0.420 e. The zero-order chi connectivity index (χ0) is 61.0. The number of methoxy groups -OCH3 is 2. The Labute approximate surface area is 477 Å². The lowest BCUT2D eigenvalue weighted by atomic mass is 9.76. The monoisotopic (exact) mass is 1250 g/mol. The topological polar surface area (TPSA) is 296 Å². The second kappa shape index (κ2) is 25.8. The Kier molecular flexibility index (Phi) is 20.1. The molecule has 0 aromatic heterocycles. The van der Waals surface area contributed by atoms with E-state index in [4.69, 9.17) is 23.7 Å². The second-order valence-corrected chi connectivity index (χ2v) is 25.7. The Morgan fingerprint density at radius 2 is 1.13 bits per heavy atom. The van der Waals surface area contributed by atoms with Crippen molar-refractivity contribution in [3.05, 3.63) is 113 Å². The summed E-state index contributed by atoms with van der Waals surface area (Å²) in [5, 5.41) is -0.110. The lowest BCUT2D eigenvalue weighted by Crippen LogP contribution is -2.32. The average Bonchev–Trinajstić information content (AvgIpc) is 1.70. The molecule has 4 N–H and O–H groups in total. The van der Waals surface area contributed by atoms with Gasteiger partial charge in [0, 0.05) is 91.6 Å². The van der Waals surface area contributed by atoms with Gasteiger partial charge in [-0.2, -0.15) is 47.0 Å². The Balaban J connectivity index is 1.33. The number of fused-ring (bicyclic) bond motifs is 6. The van der Waals surface area contributed by atoms with E-state index in [1.807, 2.05) is 16.4 Å². The van der Waals surface area contributed by atoms with Crippen LogP contribution < -0.4 is 9.64 Å². The van der Waals surface area contributed by atoms with E-state index < -0.39 is 112 Å². The number of carbonyl (C=O) groups is 1. The molecule has 0 radical (unpaired) electrons. The SMILES string of the molecule is COCCOCCOCCOCCC1(C)C(=CC=CC2=[N+](CCCCCC(=O)Oc3c(F)c(F)cc(F)c3F)c3ccc4c(S(=O)(=O)O)cc(S(=O)(=O)O)cc4c3C2(C)C)N(CCOC)c2ccc3c(S(=O)(=O)O)cc(S(=O)(=O)O)cc3c21. The van der Waals surface area contributed by atoms with Gasteiger partial charge >= 0.3 is 5.97 Å². The number of unbranched alkanes of at least 4 members (excludes halogenated alkanes) is 2. The van der Waals surface area contributed by atoms with Gasteiger partial charge in [-0.05, 0) is 98.8 Å². The Bertz CT molecular complexity index is 3890. The van der Waals surface area contributed by atoms with Crippen LogP contribution >= 0.6 is 0 Å². The number of benzene rings is 5. The minimum Gasteiger partial charge on any atom is -0.420 e. The minimum absolute atomic E-state index is 0.0174. The molecule has 29 heteroatoms. The van der Waals surface area contributed by atoms with E-state index in [1.54, 1.807) is 51.3 Å². The second-order valence-electron chi connectivity index (χ2n) is 20.1. The van der Waals surface area contributed by atoms with Crippen molar-refractivity contribution in [2.24, 2.45) is 0 Å². The summed E-state index contributed by atoms with van der Waals surface area (Å²) in [7, 11) is -17.4. The first-order valence-electron chi connectivity index (χ1n) is 25.6. The first kappa shape index (κ1) is 64.8. The van der Waals surface area contributed by atoms with Gasteiger partial charge in [0.05, 0.1) is 61.5 Å². The maximum atomic E-state index is 14.3. The highest BCUT2D eigenvalue weighted by molar-refractivity contribution is 7.87. The van der Waals surface area contributed by atoms with E-state index in [0.29, 0.717) is 65.9 Å². The van der Waals surface area contributed by atoms with E-state index in [-0.39, 0.29) is 99.4 Å². The fourth-order valence-electron chi connectivity index (χ4n) is 10.5.